The van der Waals surface area contributed by atoms with Crippen LogP contribution in [0.15, 0.2) is 41.7 Å². The average molecular weight is 370 g/mol. The van der Waals surface area contributed by atoms with Gasteiger partial charge < -0.3 is 5.32 Å². The number of aromatic nitrogens is 2. The quantitative estimate of drug-likeness (QED) is 0.532. The van der Waals surface area contributed by atoms with Crippen molar-refractivity contribution in [3.05, 3.63) is 52.7 Å². The van der Waals surface area contributed by atoms with Crippen LogP contribution in [0.1, 0.15) is 22.4 Å². The van der Waals surface area contributed by atoms with Crippen molar-refractivity contribution in [3.8, 4) is 0 Å². The maximum Gasteiger partial charge on any atom is 0.230 e. The van der Waals surface area contributed by atoms with Crippen molar-refractivity contribution in [2.24, 2.45) is 0 Å². The first-order chi connectivity index (χ1) is 12.3. The molecule has 2 aromatic heterocycles. The van der Waals surface area contributed by atoms with Crippen LogP contribution in [0.2, 0.25) is 0 Å². The summed E-state index contributed by atoms with van der Waals surface area (Å²) in [6, 6.07) is 10.2. The fraction of sp³-hybridized carbons (Fsp3) is 0.316. The average Bonchev–Trinajstić information content (AvgIpc) is 3.22. The van der Waals surface area contributed by atoms with E-state index >= 15 is 0 Å². The van der Waals surface area contributed by atoms with E-state index in [9.17, 15) is 4.79 Å². The number of carbonyl (C=O) groups is 1. The van der Waals surface area contributed by atoms with Gasteiger partial charge in [0.05, 0.1) is 5.75 Å². The molecule has 0 atom stereocenters. The lowest BCUT2D eigenvalue weighted by atomic mass is 10.1. The van der Waals surface area contributed by atoms with Crippen molar-refractivity contribution >= 4 is 39.2 Å². The van der Waals surface area contributed by atoms with Gasteiger partial charge in [0.25, 0.3) is 0 Å². The maximum absolute atomic E-state index is 12.1. The van der Waals surface area contributed by atoms with Crippen molar-refractivity contribution in [2.75, 3.05) is 12.3 Å². The van der Waals surface area contributed by atoms with E-state index in [1.54, 1.807) is 17.7 Å². The van der Waals surface area contributed by atoms with Crippen LogP contribution in [0.5, 0.6) is 0 Å². The van der Waals surface area contributed by atoms with Crippen LogP contribution >= 0.6 is 23.1 Å². The molecule has 4 rings (SSSR count). The molecule has 0 saturated heterocycles. The molecule has 0 saturated carbocycles. The Morgan fingerprint density at radius 1 is 1.20 bits per heavy atom. The van der Waals surface area contributed by atoms with Gasteiger partial charge in [-0.15, -0.1) is 11.3 Å². The fourth-order valence-corrected chi connectivity index (χ4v) is 5.33. The van der Waals surface area contributed by atoms with Crippen LogP contribution in [-0.2, 0) is 24.1 Å². The molecule has 1 aliphatic carbocycles. The molecule has 0 bridgehead atoms. The number of amides is 1. The standard InChI is InChI=1S/C19H19N3OS2/c23-16(20-10-9-13-5-2-1-3-6-13)11-24-18-17-14-7-4-8-15(14)25-19(17)22-12-21-18/h1-3,5-6,12H,4,7-11H2,(H,20,23). The Morgan fingerprint density at radius 3 is 2.96 bits per heavy atom. The van der Waals surface area contributed by atoms with E-state index in [0.29, 0.717) is 12.3 Å². The summed E-state index contributed by atoms with van der Waals surface area (Å²) >= 11 is 3.30. The number of thiophene rings is 1. The van der Waals surface area contributed by atoms with Crippen LogP contribution < -0.4 is 5.32 Å². The number of carbonyl (C=O) groups excluding carboxylic acids is 1. The van der Waals surface area contributed by atoms with Gasteiger partial charge in [-0.3, -0.25) is 4.79 Å². The van der Waals surface area contributed by atoms with Crippen molar-refractivity contribution < 1.29 is 4.79 Å². The third-order valence-corrected chi connectivity index (χ3v) is 6.57. The van der Waals surface area contributed by atoms with Gasteiger partial charge in [0.2, 0.25) is 5.91 Å². The number of hydrogen-bond donors (Lipinski definition) is 1. The molecular formula is C19H19N3OS2. The Hall–Kier alpha value is -1.92. The fourth-order valence-electron chi connectivity index (χ4n) is 3.18. The van der Waals surface area contributed by atoms with Crippen molar-refractivity contribution in [3.63, 3.8) is 0 Å². The molecule has 0 fully saturated rings. The summed E-state index contributed by atoms with van der Waals surface area (Å²) in [4.78, 5) is 23.5. The SMILES string of the molecule is O=C(CSc1ncnc2sc3c(c12)CCC3)NCCc1ccccc1. The zero-order chi connectivity index (χ0) is 17.1. The van der Waals surface area contributed by atoms with Crippen LogP contribution in [0.4, 0.5) is 0 Å². The molecule has 128 valence electrons. The zero-order valence-electron chi connectivity index (χ0n) is 13.8. The molecule has 4 nitrogen and oxygen atoms in total. The van der Waals surface area contributed by atoms with Gasteiger partial charge in [-0.25, -0.2) is 9.97 Å². The minimum atomic E-state index is 0.0552. The number of benzene rings is 1. The monoisotopic (exact) mass is 369 g/mol. The van der Waals surface area contributed by atoms with Gasteiger partial charge in [-0.2, -0.15) is 0 Å². The minimum absolute atomic E-state index is 0.0552. The first-order valence-corrected chi connectivity index (χ1v) is 10.3. The topological polar surface area (TPSA) is 54.9 Å². The lowest BCUT2D eigenvalue weighted by molar-refractivity contribution is -0.118. The second-order valence-electron chi connectivity index (χ2n) is 6.09. The second-order valence-corrected chi connectivity index (χ2v) is 8.14. The van der Waals surface area contributed by atoms with E-state index < -0.39 is 0 Å². The number of nitrogens with one attached hydrogen (secondary N) is 1. The molecular weight excluding hydrogens is 350 g/mol. The van der Waals surface area contributed by atoms with Crippen molar-refractivity contribution in [1.82, 2.24) is 15.3 Å². The highest BCUT2D eigenvalue weighted by atomic mass is 32.2. The summed E-state index contributed by atoms with van der Waals surface area (Å²) in [6.07, 6.45) is 5.95. The molecule has 1 amide bonds. The molecule has 0 spiro atoms. The van der Waals surface area contributed by atoms with Gasteiger partial charge in [0.15, 0.2) is 0 Å². The zero-order valence-corrected chi connectivity index (χ0v) is 15.5. The molecule has 1 N–H and O–H groups in total. The molecule has 2 heterocycles. The maximum atomic E-state index is 12.1. The summed E-state index contributed by atoms with van der Waals surface area (Å²) in [6.45, 7) is 0.663. The second kappa shape index (κ2) is 7.54. The molecule has 25 heavy (non-hydrogen) atoms. The highest BCUT2D eigenvalue weighted by molar-refractivity contribution is 8.00. The van der Waals surface area contributed by atoms with E-state index in [4.69, 9.17) is 0 Å². The Labute approximate surface area is 155 Å². The van der Waals surface area contributed by atoms with Gasteiger partial charge >= 0.3 is 0 Å². The smallest absolute Gasteiger partial charge is 0.230 e. The number of aryl methyl sites for hydroxylation is 2. The van der Waals surface area contributed by atoms with E-state index in [2.05, 4.69) is 27.4 Å². The highest BCUT2D eigenvalue weighted by Gasteiger charge is 2.21. The van der Waals surface area contributed by atoms with Gasteiger partial charge in [0, 0.05) is 16.8 Å². The number of fused-ring (bicyclic) bond motifs is 3. The van der Waals surface area contributed by atoms with E-state index in [-0.39, 0.29) is 5.91 Å². The van der Waals surface area contributed by atoms with E-state index in [1.165, 1.54) is 39.6 Å². The van der Waals surface area contributed by atoms with E-state index in [0.717, 1.165) is 29.1 Å². The van der Waals surface area contributed by atoms with Crippen LogP contribution in [0.3, 0.4) is 0 Å². The Balaban J connectivity index is 1.35. The number of rotatable bonds is 6. The third kappa shape index (κ3) is 3.70. The summed E-state index contributed by atoms with van der Waals surface area (Å²) in [5.74, 6) is 0.450. The summed E-state index contributed by atoms with van der Waals surface area (Å²) < 4.78 is 0. The molecule has 6 heteroatoms. The first kappa shape index (κ1) is 16.5. The van der Waals surface area contributed by atoms with E-state index in [1.807, 2.05) is 18.2 Å². The van der Waals surface area contributed by atoms with Gasteiger partial charge in [0.1, 0.15) is 16.2 Å². The summed E-state index contributed by atoms with van der Waals surface area (Å²) in [7, 11) is 0. The Bertz CT molecular complexity index is 892. The summed E-state index contributed by atoms with van der Waals surface area (Å²) in [5.41, 5.74) is 2.65. The molecule has 0 radical (unpaired) electrons. The lowest BCUT2D eigenvalue weighted by Crippen LogP contribution is -2.27. The number of thioether (sulfide) groups is 1. The largest absolute Gasteiger partial charge is 0.355 e. The molecule has 1 aromatic carbocycles. The molecule has 3 aromatic rings. The Kier molecular flexibility index (Phi) is 4.99. The van der Waals surface area contributed by atoms with Gasteiger partial charge in [-0.05, 0) is 36.8 Å². The Morgan fingerprint density at radius 2 is 2.08 bits per heavy atom. The predicted octanol–water partition coefficient (Wildman–Crippen LogP) is 3.63. The van der Waals surface area contributed by atoms with Crippen molar-refractivity contribution in [1.29, 1.82) is 0 Å². The molecule has 0 unspecified atom stereocenters. The van der Waals surface area contributed by atoms with Crippen LogP contribution in [0.25, 0.3) is 10.2 Å². The van der Waals surface area contributed by atoms with Crippen molar-refractivity contribution in [2.45, 2.75) is 30.7 Å². The van der Waals surface area contributed by atoms with Crippen LogP contribution in [0, 0.1) is 0 Å². The third-order valence-electron chi connectivity index (χ3n) is 4.39. The number of hydrogen-bond acceptors (Lipinski definition) is 5. The molecule has 1 aliphatic rings. The number of nitrogens with zero attached hydrogens (tertiary/aromatic N) is 2. The van der Waals surface area contributed by atoms with Gasteiger partial charge in [-0.1, -0.05) is 42.1 Å². The molecule has 0 aliphatic heterocycles. The highest BCUT2D eigenvalue weighted by Crippen LogP contribution is 2.39. The normalized spacial score (nSPS) is 13.1. The lowest BCUT2D eigenvalue weighted by Gasteiger charge is -2.06. The predicted molar refractivity (Wildman–Crippen MR) is 103 cm³/mol. The first-order valence-electron chi connectivity index (χ1n) is 8.50. The summed E-state index contributed by atoms with van der Waals surface area (Å²) in [5, 5.41) is 5.12. The minimum Gasteiger partial charge on any atom is -0.355 e. The van der Waals surface area contributed by atoms with Crippen LogP contribution in [-0.4, -0.2) is 28.2 Å².